The summed E-state index contributed by atoms with van der Waals surface area (Å²) >= 11 is 0. The third-order valence-corrected chi connectivity index (χ3v) is 5.93. The molecule has 0 saturated carbocycles. The van der Waals surface area contributed by atoms with Gasteiger partial charge in [-0.25, -0.2) is 0 Å². The maximum absolute atomic E-state index is 12.7. The van der Waals surface area contributed by atoms with Crippen molar-refractivity contribution in [1.29, 1.82) is 0 Å². The Balaban J connectivity index is 1.58. The molecule has 0 unspecified atom stereocenters. The highest BCUT2D eigenvalue weighted by Crippen LogP contribution is 2.32. The molecule has 0 amide bonds. The fourth-order valence-corrected chi connectivity index (χ4v) is 4.02. The van der Waals surface area contributed by atoms with Gasteiger partial charge in [0.1, 0.15) is 5.76 Å². The SMILES string of the molecule is CCC(=C/C=C/C(=CC1=C(O)c2ccccc2C1=O)CC)C=C1C(=O)c2ccccc2C1=O. The van der Waals surface area contributed by atoms with Crippen LogP contribution in [0.3, 0.4) is 0 Å². The summed E-state index contributed by atoms with van der Waals surface area (Å²) in [6.45, 7) is 3.93. The fourth-order valence-electron chi connectivity index (χ4n) is 4.02. The molecule has 2 aromatic carbocycles. The molecule has 164 valence electrons. The first kappa shape index (κ1) is 22.2. The molecule has 4 rings (SSSR count). The number of fused-ring (bicyclic) bond motifs is 2. The first-order valence-corrected chi connectivity index (χ1v) is 11.0. The summed E-state index contributed by atoms with van der Waals surface area (Å²) in [6.07, 6.45) is 10.3. The van der Waals surface area contributed by atoms with Crippen molar-refractivity contribution in [2.24, 2.45) is 0 Å². The van der Waals surface area contributed by atoms with E-state index in [2.05, 4.69) is 0 Å². The summed E-state index contributed by atoms with van der Waals surface area (Å²) in [4.78, 5) is 37.9. The van der Waals surface area contributed by atoms with Crippen LogP contribution in [0.1, 0.15) is 63.3 Å². The first-order valence-electron chi connectivity index (χ1n) is 11.0. The smallest absolute Gasteiger partial charge is 0.197 e. The maximum atomic E-state index is 12.7. The van der Waals surface area contributed by atoms with Crippen molar-refractivity contribution < 1.29 is 19.5 Å². The van der Waals surface area contributed by atoms with Crippen LogP contribution in [-0.2, 0) is 0 Å². The summed E-state index contributed by atoms with van der Waals surface area (Å²) < 4.78 is 0. The lowest BCUT2D eigenvalue weighted by atomic mass is 10.0. The van der Waals surface area contributed by atoms with E-state index in [1.54, 1.807) is 60.7 Å². The average Bonchev–Trinajstić information content (AvgIpc) is 3.23. The van der Waals surface area contributed by atoms with E-state index in [0.717, 1.165) is 11.1 Å². The second-order valence-electron chi connectivity index (χ2n) is 7.93. The van der Waals surface area contributed by atoms with Crippen molar-refractivity contribution in [3.8, 4) is 0 Å². The Morgan fingerprint density at radius 2 is 1.27 bits per heavy atom. The summed E-state index contributed by atoms with van der Waals surface area (Å²) in [5, 5.41) is 10.5. The molecule has 0 aromatic heterocycles. The number of allylic oxidation sites excluding steroid dienone is 9. The number of carbonyl (C=O) groups excluding carboxylic acids is 3. The van der Waals surface area contributed by atoms with Gasteiger partial charge >= 0.3 is 0 Å². The minimum absolute atomic E-state index is 0.00213. The predicted molar refractivity (Wildman–Crippen MR) is 129 cm³/mol. The van der Waals surface area contributed by atoms with E-state index < -0.39 is 0 Å². The number of ketones is 3. The molecular weight excluding hydrogens is 412 g/mol. The van der Waals surface area contributed by atoms with Crippen LogP contribution < -0.4 is 0 Å². The van der Waals surface area contributed by atoms with Crippen molar-refractivity contribution in [1.82, 2.24) is 0 Å². The minimum Gasteiger partial charge on any atom is -0.507 e. The second kappa shape index (κ2) is 9.21. The van der Waals surface area contributed by atoms with Gasteiger partial charge in [0.15, 0.2) is 17.3 Å². The van der Waals surface area contributed by atoms with E-state index in [9.17, 15) is 19.5 Å². The standard InChI is InChI=1S/C29H24O4/c1-3-18(16-24-26(30)20-12-5-6-13-21(20)27(24)31)10-9-11-19(4-2)17-25-28(32)22-14-7-8-15-23(22)29(25)33/h5-17,30H,3-4H2,1-2H3/b10-9+,18-16?,19-11?. The predicted octanol–water partition coefficient (Wildman–Crippen LogP) is 6.39. The molecule has 0 atom stereocenters. The van der Waals surface area contributed by atoms with Gasteiger partial charge in [-0.15, -0.1) is 0 Å². The molecule has 0 fully saturated rings. The molecule has 1 N–H and O–H groups in total. The highest BCUT2D eigenvalue weighted by atomic mass is 16.3. The van der Waals surface area contributed by atoms with E-state index in [1.165, 1.54) is 0 Å². The number of hydrogen-bond acceptors (Lipinski definition) is 4. The Labute approximate surface area is 193 Å². The molecule has 2 aliphatic rings. The largest absolute Gasteiger partial charge is 0.507 e. The Bertz CT molecular complexity index is 1290. The summed E-state index contributed by atoms with van der Waals surface area (Å²) in [5.41, 5.74) is 4.16. The highest BCUT2D eigenvalue weighted by molar-refractivity contribution is 6.39. The zero-order valence-corrected chi connectivity index (χ0v) is 18.6. The summed E-state index contributed by atoms with van der Waals surface area (Å²) in [5.74, 6) is -0.665. The fraction of sp³-hybridized carbons (Fsp3) is 0.138. The lowest BCUT2D eigenvalue weighted by Crippen LogP contribution is -2.01. The Morgan fingerprint density at radius 1 is 0.758 bits per heavy atom. The molecule has 0 heterocycles. The van der Waals surface area contributed by atoms with Crippen LogP contribution in [0.4, 0.5) is 0 Å². The number of hydrogen-bond donors (Lipinski definition) is 1. The Morgan fingerprint density at radius 3 is 1.79 bits per heavy atom. The molecule has 2 aromatic rings. The van der Waals surface area contributed by atoms with Crippen LogP contribution in [0, 0.1) is 0 Å². The highest BCUT2D eigenvalue weighted by Gasteiger charge is 2.32. The van der Waals surface area contributed by atoms with E-state index in [4.69, 9.17) is 0 Å². The van der Waals surface area contributed by atoms with Crippen LogP contribution in [0.5, 0.6) is 0 Å². The van der Waals surface area contributed by atoms with Crippen molar-refractivity contribution in [3.63, 3.8) is 0 Å². The number of benzene rings is 2. The Hall–Kier alpha value is -4.05. The van der Waals surface area contributed by atoms with E-state index in [-0.39, 0.29) is 28.7 Å². The Kier molecular flexibility index (Phi) is 6.18. The lowest BCUT2D eigenvalue weighted by Gasteiger charge is -2.01. The van der Waals surface area contributed by atoms with Gasteiger partial charge in [0.2, 0.25) is 0 Å². The molecule has 0 spiro atoms. The molecule has 0 aliphatic heterocycles. The van der Waals surface area contributed by atoms with Gasteiger partial charge in [-0.2, -0.15) is 0 Å². The zero-order valence-electron chi connectivity index (χ0n) is 18.6. The minimum atomic E-state index is -0.241. The second-order valence-corrected chi connectivity index (χ2v) is 7.93. The van der Waals surface area contributed by atoms with Crippen molar-refractivity contribution in [3.05, 3.63) is 123 Å². The summed E-state index contributed by atoms with van der Waals surface area (Å²) in [7, 11) is 0. The van der Waals surface area contributed by atoms with Crippen LogP contribution in [0.25, 0.3) is 5.76 Å². The molecule has 2 aliphatic carbocycles. The van der Waals surface area contributed by atoms with Crippen molar-refractivity contribution in [2.45, 2.75) is 26.7 Å². The maximum Gasteiger partial charge on any atom is 0.197 e. The number of aliphatic hydroxyl groups is 1. The molecule has 33 heavy (non-hydrogen) atoms. The molecule has 0 bridgehead atoms. The van der Waals surface area contributed by atoms with Gasteiger partial charge in [0, 0.05) is 22.3 Å². The van der Waals surface area contributed by atoms with Gasteiger partial charge in [-0.1, -0.05) is 80.6 Å². The van der Waals surface area contributed by atoms with Crippen LogP contribution in [0.15, 0.2) is 101 Å². The van der Waals surface area contributed by atoms with Gasteiger partial charge in [0.05, 0.1) is 11.1 Å². The topological polar surface area (TPSA) is 71.4 Å². The van der Waals surface area contributed by atoms with Gasteiger partial charge in [0.25, 0.3) is 0 Å². The number of carbonyl (C=O) groups is 3. The van der Waals surface area contributed by atoms with Crippen LogP contribution >= 0.6 is 0 Å². The van der Waals surface area contributed by atoms with Crippen LogP contribution in [-0.4, -0.2) is 22.5 Å². The summed E-state index contributed by atoms with van der Waals surface area (Å²) in [6, 6.07) is 13.9. The van der Waals surface area contributed by atoms with Crippen molar-refractivity contribution in [2.75, 3.05) is 0 Å². The molecular formula is C29H24O4. The quantitative estimate of drug-likeness (QED) is 0.324. The van der Waals surface area contributed by atoms with E-state index in [1.807, 2.05) is 32.1 Å². The monoisotopic (exact) mass is 436 g/mol. The van der Waals surface area contributed by atoms with Gasteiger partial charge in [-0.05, 0) is 36.1 Å². The van der Waals surface area contributed by atoms with E-state index in [0.29, 0.717) is 40.7 Å². The number of rotatable bonds is 6. The third-order valence-electron chi connectivity index (χ3n) is 5.93. The van der Waals surface area contributed by atoms with Crippen LogP contribution in [0.2, 0.25) is 0 Å². The zero-order chi connectivity index (χ0) is 23.5. The number of aliphatic hydroxyl groups excluding tert-OH is 1. The van der Waals surface area contributed by atoms with Gasteiger partial charge < -0.3 is 5.11 Å². The van der Waals surface area contributed by atoms with Gasteiger partial charge in [-0.3, -0.25) is 14.4 Å². The molecule has 4 heteroatoms. The normalized spacial score (nSPS) is 16.2. The molecule has 0 radical (unpaired) electrons. The third kappa shape index (κ3) is 4.08. The van der Waals surface area contributed by atoms with E-state index >= 15 is 0 Å². The molecule has 4 nitrogen and oxygen atoms in total. The van der Waals surface area contributed by atoms with Crippen molar-refractivity contribution >= 4 is 23.1 Å². The molecule has 0 saturated heterocycles. The average molecular weight is 437 g/mol. The number of Topliss-reactive ketones (excluding diaryl/α,β-unsaturated/α-hetero) is 3. The first-order chi connectivity index (χ1) is 16.0. The lowest BCUT2D eigenvalue weighted by molar-refractivity contribution is 0.0986.